The largest absolute Gasteiger partial charge is 1.00 e. The molecular weight excluding hydrogens is 1790 g/mol. The van der Waals surface area contributed by atoms with Gasteiger partial charge in [-0.05, 0) is 206 Å². The van der Waals surface area contributed by atoms with Crippen LogP contribution in [0.25, 0.3) is 0 Å². The number of aliphatic hydroxyl groups excluding tert-OH is 6. The number of halogens is 5. The highest BCUT2D eigenvalue weighted by atomic mass is 127. The van der Waals surface area contributed by atoms with Gasteiger partial charge in [-0.3, -0.25) is 4.90 Å². The summed E-state index contributed by atoms with van der Waals surface area (Å²) in [7, 11) is 1.97. The summed E-state index contributed by atoms with van der Waals surface area (Å²) in [5, 5.41) is 62.0. The van der Waals surface area contributed by atoms with E-state index in [4.69, 9.17) is 68.3 Å². The van der Waals surface area contributed by atoms with Gasteiger partial charge in [-0.2, -0.15) is 0 Å². The van der Waals surface area contributed by atoms with E-state index in [1.165, 1.54) is 68.1 Å². The number of nitrogens with one attached hydrogen (secondary N) is 3. The number of alkyl halides is 2. The second kappa shape index (κ2) is 53.7. The Balaban J connectivity index is 0.000000381. The first-order chi connectivity index (χ1) is 54.0. The lowest BCUT2D eigenvalue weighted by atomic mass is 9.47. The number of ether oxygens (including phenoxy) is 4. The van der Waals surface area contributed by atoms with E-state index in [-0.39, 0.29) is 111 Å². The number of amides is 2. The predicted octanol–water partition coefficient (Wildman–Crippen LogP) is 14.7. The van der Waals surface area contributed by atoms with Crippen LogP contribution in [0.15, 0.2) is 46.6 Å². The SMILES string of the molecule is CC(C)CCCC(C)[C@H]1CCC2C3CC=C4C[C@@H](OC(=O)Cl)CC[C@]4(C)C3CC[C@@]21C.CC1CC=C2C[C@@H](OC(=O)Cl)CC[C@]2(C)C1C.CC1CC=C2C[C@@H](OC(=O)NCCN(CCO)CCO)CC[C@]2(C)C1C.CC1CC=C2C[C@@H](OC(=O)NCC[N+](C)(CCO)CCO)CC[C@]2(C)C1C.CI.NCCBr.OCCNCCO.[I-]. The molecule has 10 rings (SSSR count). The number of fused-ring (bicyclic) bond motifs is 8. The fourth-order valence-electron chi connectivity index (χ4n) is 21.8. The molecule has 0 radical (unpaired) electrons. The molecule has 670 valence electrons. The van der Waals surface area contributed by atoms with Gasteiger partial charge >= 0.3 is 23.0 Å². The molecule has 0 heterocycles. The zero-order valence-electron chi connectivity index (χ0n) is 73.8. The number of aliphatic hydroxyl groups is 6. The molecule has 0 aromatic heterocycles. The van der Waals surface area contributed by atoms with E-state index in [1.807, 2.05) is 16.9 Å². The van der Waals surface area contributed by atoms with Gasteiger partial charge in [-0.25, -0.2) is 19.2 Å². The average molecular weight is 1960 g/mol. The Morgan fingerprint density at radius 1 is 0.530 bits per heavy atom. The van der Waals surface area contributed by atoms with Crippen molar-refractivity contribution in [3.63, 3.8) is 0 Å². The Kier molecular flexibility index (Phi) is 50.3. The van der Waals surface area contributed by atoms with E-state index in [0.29, 0.717) is 116 Å². The number of allylic oxidation sites excluding steroid dienone is 4. The molecule has 0 spiro atoms. The van der Waals surface area contributed by atoms with Crippen molar-refractivity contribution in [1.82, 2.24) is 20.9 Å². The first-order valence-electron chi connectivity index (χ1n) is 44.0. The number of nitrogens with zero attached hydrogens (tertiary/aromatic N) is 2. The minimum Gasteiger partial charge on any atom is -1.00 e. The third-order valence-corrected chi connectivity index (χ3v) is 30.7. The molecule has 6 saturated carbocycles. The number of alkyl carbamates (subject to hydrolysis) is 2. The fraction of sp³-hybridized carbons (Fsp3) is 0.867. The second-order valence-electron chi connectivity index (χ2n) is 37.3. The first kappa shape index (κ1) is 108. The third kappa shape index (κ3) is 31.9. The third-order valence-electron chi connectivity index (χ3n) is 30.0. The molecule has 0 aliphatic heterocycles. The maximum atomic E-state index is 12.2. The zero-order chi connectivity index (χ0) is 85.2. The van der Waals surface area contributed by atoms with Gasteiger partial charge < -0.3 is 99.7 Å². The topological polar surface area (TPSA) is 292 Å². The van der Waals surface area contributed by atoms with Crippen molar-refractivity contribution in [3.8, 4) is 0 Å². The van der Waals surface area contributed by atoms with Crippen molar-refractivity contribution < 1.29 is 97.2 Å². The summed E-state index contributed by atoms with van der Waals surface area (Å²) in [6.07, 6.45) is 35.0. The van der Waals surface area contributed by atoms with E-state index in [1.54, 1.807) is 5.57 Å². The van der Waals surface area contributed by atoms with Crippen LogP contribution in [0.4, 0.5) is 19.2 Å². The molecular formula is C90H161BrCl2I2N6O14. The van der Waals surface area contributed by atoms with Gasteiger partial charge in [0.15, 0.2) is 0 Å². The Bertz CT molecular complexity index is 2960. The molecule has 115 heavy (non-hydrogen) atoms. The average Bonchev–Trinajstić information content (AvgIpc) is 1.67. The van der Waals surface area contributed by atoms with Gasteiger partial charge in [0.25, 0.3) is 0 Å². The van der Waals surface area contributed by atoms with Gasteiger partial charge in [0.1, 0.15) is 37.5 Å². The molecule has 2 amide bonds. The summed E-state index contributed by atoms with van der Waals surface area (Å²) in [5.41, 5.74) is 11.3. The molecule has 20 atom stereocenters. The molecule has 11 N–H and O–H groups in total. The second-order valence-corrected chi connectivity index (χ2v) is 38.7. The standard InChI is InChI=1S/C28H45ClO2.C21H38N2O4.C20H36N2O4.C14H21ClO2.C4H11NO2.C2H6BrN.CH3I.HI/c1-18(2)7-6-8-19(3)23-11-12-24-22-10-9-20-17-21(31-26(29)30)13-15-27(20,4)25(22)14-16-28(23,24)5;1-16-5-6-18-15-19(7-8-21(18,3)17(16)2)27-20(26)22-9-10-23(4,11-13-24)12-14-25;1-15-4-5-17-14-18(6-7-20(17,3)16(15)2)26-19(25)21-8-9-22(10-12-23)11-13-24;1-9-4-5-11-8-12(17-13(15)16)6-7-14(11,3)10(9)2;6-3-1-5-2-4-7;3-1-2-4;1-2;/h9,18-19,21-25H,6-8,10-17H2,1-5H3;6,16-17,19,24-25H,5,7-15H2,1-4H3;5,15-16,18,23-24H,4,6-14H2,1-3H3,(H,21,25);5,9-10,12H,4,6-8H2,1-3H3;5-7H,1-4H2;1-2,4H2;1H3;1H/t19?,21-,22?,23+,24?,25?,27-,28+;16?,17?,19-,21+;15?,16?,18-,20+;9?,10?,12-,14+;;;;/m0000..../s1. The van der Waals surface area contributed by atoms with Crippen molar-refractivity contribution in [2.24, 2.45) is 104 Å². The molecule has 25 heteroatoms. The molecule has 10 aliphatic carbocycles. The minimum absolute atomic E-state index is 0. The van der Waals surface area contributed by atoms with Crippen LogP contribution in [-0.4, -0.2) is 216 Å². The fourth-order valence-corrected chi connectivity index (χ4v) is 22.0. The molecule has 6 fully saturated rings. The van der Waals surface area contributed by atoms with Crippen LogP contribution in [0, 0.1) is 98.1 Å². The highest BCUT2D eigenvalue weighted by Crippen LogP contribution is 2.68. The Hall–Kier alpha value is -1.44. The normalized spacial score (nSPS) is 32.9. The van der Waals surface area contributed by atoms with Gasteiger partial charge in [0, 0.05) is 100 Å². The minimum atomic E-state index is -0.670. The van der Waals surface area contributed by atoms with Crippen LogP contribution in [0.1, 0.15) is 245 Å². The lowest BCUT2D eigenvalue weighted by molar-refractivity contribution is -0.908. The van der Waals surface area contributed by atoms with Crippen LogP contribution >= 0.6 is 61.7 Å². The van der Waals surface area contributed by atoms with E-state index < -0.39 is 10.9 Å². The monoisotopic (exact) mass is 1950 g/mol. The summed E-state index contributed by atoms with van der Waals surface area (Å²) < 4.78 is 22.4. The maximum absolute atomic E-state index is 12.2. The number of quaternary nitrogens is 1. The summed E-state index contributed by atoms with van der Waals surface area (Å²) in [4.78, 5) is 50.2. The predicted molar refractivity (Wildman–Crippen MR) is 476 cm³/mol. The molecule has 0 aromatic rings. The van der Waals surface area contributed by atoms with E-state index in [9.17, 15) is 29.4 Å². The summed E-state index contributed by atoms with van der Waals surface area (Å²) >= 11 is 16.1. The lowest BCUT2D eigenvalue weighted by Crippen LogP contribution is -3.00. The number of hydrogen-bond donors (Lipinski definition) is 10. The molecule has 0 aromatic carbocycles. The van der Waals surface area contributed by atoms with Crippen LogP contribution < -0.4 is 45.7 Å². The van der Waals surface area contributed by atoms with Gasteiger partial charge in [0.05, 0.1) is 59.8 Å². The van der Waals surface area contributed by atoms with Crippen molar-refractivity contribution in [2.75, 3.05) is 129 Å². The molecule has 0 saturated heterocycles. The van der Waals surface area contributed by atoms with E-state index >= 15 is 0 Å². The lowest BCUT2D eigenvalue weighted by Gasteiger charge is -2.58. The number of carbonyl (C=O) groups is 4. The van der Waals surface area contributed by atoms with Crippen LogP contribution in [0.2, 0.25) is 0 Å². The highest BCUT2D eigenvalue weighted by Gasteiger charge is 2.60. The zero-order valence-corrected chi connectivity index (χ0v) is 81.3. The van der Waals surface area contributed by atoms with Gasteiger partial charge in [0.2, 0.25) is 0 Å². The van der Waals surface area contributed by atoms with Crippen LogP contribution in [-0.2, 0) is 18.9 Å². The van der Waals surface area contributed by atoms with Crippen LogP contribution in [0.3, 0.4) is 0 Å². The maximum Gasteiger partial charge on any atom is 0.407 e. The highest BCUT2D eigenvalue weighted by molar-refractivity contribution is 14.1. The van der Waals surface area contributed by atoms with E-state index in [2.05, 4.69) is 176 Å². The smallest absolute Gasteiger partial charge is 0.407 e. The van der Waals surface area contributed by atoms with E-state index in [0.717, 1.165) is 150 Å². The summed E-state index contributed by atoms with van der Waals surface area (Å²) in [5.74, 6) is 9.40. The number of rotatable bonds is 28. The van der Waals surface area contributed by atoms with Crippen molar-refractivity contribution in [1.29, 1.82) is 0 Å². The number of likely N-dealkylation sites (N-methyl/N-ethyl adjacent to an activating group) is 1. The van der Waals surface area contributed by atoms with Crippen molar-refractivity contribution >= 4 is 84.8 Å². The first-order valence-corrected chi connectivity index (χ1v) is 48.0. The quantitative estimate of drug-likeness (QED) is 0.00662. The number of carbonyl (C=O) groups excluding carboxylic acids is 4. The summed E-state index contributed by atoms with van der Waals surface area (Å²) in [6, 6.07) is 0. The molecule has 10 aliphatic rings. The number of nitrogens with two attached hydrogens (primary N) is 1. The Labute approximate surface area is 745 Å². The van der Waals surface area contributed by atoms with Crippen molar-refractivity contribution in [2.45, 2.75) is 269 Å². The summed E-state index contributed by atoms with van der Waals surface area (Å²) in [6.45, 7) is 40.2. The van der Waals surface area contributed by atoms with Crippen LogP contribution in [0.5, 0.6) is 0 Å². The molecule has 20 nitrogen and oxygen atoms in total. The Morgan fingerprint density at radius 3 is 1.30 bits per heavy atom. The van der Waals surface area contributed by atoms with Crippen molar-refractivity contribution in [3.05, 3.63) is 46.6 Å². The number of hydrogen-bond acceptors (Lipinski definition) is 17. The van der Waals surface area contributed by atoms with Gasteiger partial charge in [-0.15, -0.1) is 0 Å². The molecule has 0 bridgehead atoms. The molecule has 10 unspecified atom stereocenters. The van der Waals surface area contributed by atoms with Gasteiger partial charge in [-0.1, -0.05) is 201 Å². The Morgan fingerprint density at radius 2 is 0.922 bits per heavy atom.